The molecule has 3 heterocycles. The maximum absolute atomic E-state index is 12.9. The van der Waals surface area contributed by atoms with Crippen LogP contribution in [0.2, 0.25) is 0 Å². The molecule has 0 aliphatic carbocycles. The van der Waals surface area contributed by atoms with Gasteiger partial charge in [0, 0.05) is 17.5 Å². The minimum absolute atomic E-state index is 0.278. The van der Waals surface area contributed by atoms with Gasteiger partial charge >= 0.3 is 0 Å². The van der Waals surface area contributed by atoms with Gasteiger partial charge < -0.3 is 9.84 Å². The van der Waals surface area contributed by atoms with E-state index in [9.17, 15) is 14.7 Å². The van der Waals surface area contributed by atoms with Crippen LogP contribution in [0.5, 0.6) is 11.5 Å². The summed E-state index contributed by atoms with van der Waals surface area (Å²) in [6, 6.07) is 7.77. The van der Waals surface area contributed by atoms with Crippen molar-refractivity contribution in [2.75, 3.05) is 25.5 Å². The molecule has 0 saturated carbocycles. The average molecular weight is 470 g/mol. The van der Waals surface area contributed by atoms with Crippen LogP contribution in [0.25, 0.3) is 5.69 Å². The molecule has 1 fully saturated rings. The van der Waals surface area contributed by atoms with E-state index in [-0.39, 0.29) is 5.69 Å². The van der Waals surface area contributed by atoms with Gasteiger partial charge in [-0.25, -0.2) is 4.98 Å². The summed E-state index contributed by atoms with van der Waals surface area (Å²) < 4.78 is 6.32. The number of para-hydroxylation sites is 2. The fraction of sp³-hybridized carbons (Fsp3) is 0.391. The molecule has 4 rings (SSSR count). The van der Waals surface area contributed by atoms with Crippen molar-refractivity contribution in [2.24, 2.45) is 5.92 Å². The van der Waals surface area contributed by atoms with Gasteiger partial charge in [0.2, 0.25) is 0 Å². The molecule has 1 aromatic carbocycles. The molecule has 2 aromatic heterocycles. The number of piperidine rings is 1. The maximum atomic E-state index is 12.9. The van der Waals surface area contributed by atoms with Crippen molar-refractivity contribution in [2.45, 2.75) is 33.2 Å². The van der Waals surface area contributed by atoms with Gasteiger partial charge in [-0.05, 0) is 50.9 Å². The number of anilines is 1. The van der Waals surface area contributed by atoms with Gasteiger partial charge in [0.25, 0.3) is 11.5 Å². The van der Waals surface area contributed by atoms with Crippen LogP contribution in [0.1, 0.15) is 40.8 Å². The molecule has 1 saturated heterocycles. The lowest BCUT2D eigenvalue weighted by molar-refractivity contribution is 0.101. The Morgan fingerprint density at radius 1 is 1.30 bits per heavy atom. The van der Waals surface area contributed by atoms with Gasteiger partial charge in [-0.15, -0.1) is 11.3 Å². The standard InChI is InChI=1S/C23H27N5O4S/c1-14-8-10-27(11-9-14)13-19-15(2)24-23(33-19)25-22(31)21-17(29)12-20(30)28(26-21)16-6-4-5-7-18(16)32-3/h4-7,12,14,29H,8-11,13H2,1-3H3,(H,24,25,31). The van der Waals surface area contributed by atoms with E-state index in [1.54, 1.807) is 24.3 Å². The van der Waals surface area contributed by atoms with Gasteiger partial charge in [-0.2, -0.15) is 9.78 Å². The van der Waals surface area contributed by atoms with Crippen LogP contribution in [0.3, 0.4) is 0 Å². The molecule has 9 nitrogen and oxygen atoms in total. The first-order chi connectivity index (χ1) is 15.9. The zero-order valence-electron chi connectivity index (χ0n) is 18.9. The molecule has 0 bridgehead atoms. The number of thiazole rings is 1. The third kappa shape index (κ3) is 5.07. The number of hydrogen-bond donors (Lipinski definition) is 2. The summed E-state index contributed by atoms with van der Waals surface area (Å²) in [4.78, 5) is 33.3. The number of amides is 1. The molecule has 10 heteroatoms. The summed E-state index contributed by atoms with van der Waals surface area (Å²) in [5.41, 5.74) is 0.365. The number of likely N-dealkylation sites (tertiary alicyclic amines) is 1. The van der Waals surface area contributed by atoms with Crippen molar-refractivity contribution >= 4 is 22.4 Å². The molecule has 0 unspecified atom stereocenters. The number of aryl methyl sites for hydroxylation is 1. The van der Waals surface area contributed by atoms with Crippen LogP contribution >= 0.6 is 11.3 Å². The lowest BCUT2D eigenvalue weighted by atomic mass is 9.99. The Morgan fingerprint density at radius 3 is 2.76 bits per heavy atom. The van der Waals surface area contributed by atoms with E-state index >= 15 is 0 Å². The van der Waals surface area contributed by atoms with Crippen molar-refractivity contribution < 1.29 is 14.6 Å². The third-order valence-corrected chi connectivity index (χ3v) is 6.85. The van der Waals surface area contributed by atoms with E-state index in [1.165, 1.54) is 31.3 Å². The third-order valence-electron chi connectivity index (χ3n) is 5.80. The minimum Gasteiger partial charge on any atom is -0.505 e. The number of hydrogen-bond acceptors (Lipinski definition) is 8. The average Bonchev–Trinajstić information content (AvgIpc) is 3.13. The lowest BCUT2D eigenvalue weighted by Gasteiger charge is -2.29. The highest BCUT2D eigenvalue weighted by Crippen LogP contribution is 2.27. The number of carbonyl (C=O) groups excluding carboxylic acids is 1. The quantitative estimate of drug-likeness (QED) is 0.570. The van der Waals surface area contributed by atoms with Crippen molar-refractivity contribution in [3.8, 4) is 17.2 Å². The van der Waals surface area contributed by atoms with E-state index in [2.05, 4.69) is 27.2 Å². The van der Waals surface area contributed by atoms with Crippen molar-refractivity contribution in [3.63, 3.8) is 0 Å². The van der Waals surface area contributed by atoms with Gasteiger partial charge in [0.05, 0.1) is 12.8 Å². The number of nitrogens with one attached hydrogen (secondary N) is 1. The first-order valence-corrected chi connectivity index (χ1v) is 11.6. The number of benzene rings is 1. The number of nitrogens with zero attached hydrogens (tertiary/aromatic N) is 4. The highest BCUT2D eigenvalue weighted by molar-refractivity contribution is 7.15. The maximum Gasteiger partial charge on any atom is 0.281 e. The van der Waals surface area contributed by atoms with Gasteiger partial charge in [0.15, 0.2) is 16.6 Å². The van der Waals surface area contributed by atoms with E-state index < -0.39 is 17.2 Å². The number of ether oxygens (including phenoxy) is 1. The smallest absolute Gasteiger partial charge is 0.281 e. The Hall–Kier alpha value is -3.24. The molecule has 0 radical (unpaired) electrons. The van der Waals surface area contributed by atoms with Gasteiger partial charge in [0.1, 0.15) is 11.4 Å². The second-order valence-electron chi connectivity index (χ2n) is 8.24. The fourth-order valence-corrected chi connectivity index (χ4v) is 4.79. The number of methoxy groups -OCH3 is 1. The topological polar surface area (TPSA) is 110 Å². The summed E-state index contributed by atoms with van der Waals surface area (Å²) >= 11 is 1.41. The molecular formula is C23H27N5O4S. The van der Waals surface area contributed by atoms with E-state index in [1.807, 2.05) is 6.92 Å². The molecular weight excluding hydrogens is 442 g/mol. The first-order valence-electron chi connectivity index (χ1n) is 10.8. The zero-order chi connectivity index (χ0) is 23.5. The van der Waals surface area contributed by atoms with Crippen LogP contribution in [0.15, 0.2) is 35.1 Å². The van der Waals surface area contributed by atoms with Crippen LogP contribution in [0, 0.1) is 12.8 Å². The van der Waals surface area contributed by atoms with Crippen molar-refractivity contribution in [1.29, 1.82) is 0 Å². The fourth-order valence-electron chi connectivity index (χ4n) is 3.79. The van der Waals surface area contributed by atoms with Crippen LogP contribution in [-0.4, -0.2) is 50.9 Å². The normalized spacial score (nSPS) is 14.9. The van der Waals surface area contributed by atoms with Crippen LogP contribution in [0.4, 0.5) is 5.13 Å². The Labute approximate surface area is 195 Å². The molecule has 3 aromatic rings. The largest absolute Gasteiger partial charge is 0.505 e. The van der Waals surface area contributed by atoms with E-state index in [4.69, 9.17) is 4.74 Å². The van der Waals surface area contributed by atoms with Crippen LogP contribution < -0.4 is 15.6 Å². The Balaban J connectivity index is 1.55. The number of aromatic nitrogens is 3. The zero-order valence-corrected chi connectivity index (χ0v) is 19.7. The van der Waals surface area contributed by atoms with Crippen LogP contribution in [-0.2, 0) is 6.54 Å². The molecule has 2 N–H and O–H groups in total. The number of rotatable bonds is 6. The Kier molecular flexibility index (Phi) is 6.75. The van der Waals surface area contributed by atoms with Crippen molar-refractivity contribution in [1.82, 2.24) is 19.7 Å². The number of carbonyl (C=O) groups is 1. The molecule has 0 spiro atoms. The molecule has 1 aliphatic rings. The second-order valence-corrected chi connectivity index (χ2v) is 9.32. The minimum atomic E-state index is -0.650. The summed E-state index contributed by atoms with van der Waals surface area (Å²) in [5.74, 6) is 0.0252. The van der Waals surface area contributed by atoms with E-state index in [0.717, 1.165) is 46.9 Å². The molecule has 0 atom stereocenters. The second kappa shape index (κ2) is 9.72. The number of aromatic hydroxyl groups is 1. The first kappa shape index (κ1) is 22.9. The summed E-state index contributed by atoms with van der Waals surface area (Å²) in [6.45, 7) is 7.12. The highest BCUT2D eigenvalue weighted by Gasteiger charge is 2.22. The van der Waals surface area contributed by atoms with Gasteiger partial charge in [-0.3, -0.25) is 19.8 Å². The van der Waals surface area contributed by atoms with Gasteiger partial charge in [-0.1, -0.05) is 19.1 Å². The monoisotopic (exact) mass is 469 g/mol. The van der Waals surface area contributed by atoms with E-state index in [0.29, 0.717) is 16.6 Å². The highest BCUT2D eigenvalue weighted by atomic mass is 32.1. The van der Waals surface area contributed by atoms with Crippen molar-refractivity contribution in [3.05, 3.63) is 57.0 Å². The predicted octanol–water partition coefficient (Wildman–Crippen LogP) is 3.20. The Morgan fingerprint density at radius 2 is 2.03 bits per heavy atom. The summed E-state index contributed by atoms with van der Waals surface area (Å²) in [6.07, 6.45) is 2.38. The predicted molar refractivity (Wildman–Crippen MR) is 127 cm³/mol. The summed E-state index contributed by atoms with van der Waals surface area (Å²) in [5, 5.41) is 17.5. The Bertz CT molecular complexity index is 1210. The SMILES string of the molecule is COc1ccccc1-n1nc(C(=O)Nc2nc(C)c(CN3CCC(C)CC3)s2)c(O)cc1=O. The molecule has 33 heavy (non-hydrogen) atoms. The lowest BCUT2D eigenvalue weighted by Crippen LogP contribution is -2.32. The molecule has 1 amide bonds. The molecule has 1 aliphatic heterocycles. The molecule has 174 valence electrons. The summed E-state index contributed by atoms with van der Waals surface area (Å²) in [7, 11) is 1.48.